The Kier molecular flexibility index (Phi) is 6.23. The van der Waals surface area contributed by atoms with Crippen molar-refractivity contribution >= 4 is 23.0 Å². The maximum Gasteiger partial charge on any atom is 0.326 e. The van der Waals surface area contributed by atoms with Gasteiger partial charge in [-0.1, -0.05) is 71.9 Å². The van der Waals surface area contributed by atoms with Crippen LogP contribution in [0.1, 0.15) is 16.7 Å². The molecule has 0 aliphatic rings. The zero-order chi connectivity index (χ0) is 16.7. The summed E-state index contributed by atoms with van der Waals surface area (Å²) in [6.07, 6.45) is 0.271. The van der Waals surface area contributed by atoms with Crippen LogP contribution < -0.4 is 5.32 Å². The van der Waals surface area contributed by atoms with Crippen molar-refractivity contribution in [3.8, 4) is 0 Å². The van der Waals surface area contributed by atoms with Crippen molar-refractivity contribution in [3.05, 3.63) is 71.3 Å². The molecule has 0 spiro atoms. The molecule has 1 atom stereocenters. The molecule has 0 unspecified atom stereocenters. The van der Waals surface area contributed by atoms with E-state index in [1.807, 2.05) is 61.5 Å². The van der Waals surface area contributed by atoms with Crippen molar-refractivity contribution in [3.63, 3.8) is 0 Å². The van der Waals surface area contributed by atoms with E-state index in [4.69, 9.17) is 0 Å². The maximum absolute atomic E-state index is 12.0. The van der Waals surface area contributed by atoms with Gasteiger partial charge in [0.1, 0.15) is 6.04 Å². The molecule has 5 heteroatoms. The second-order valence-electron chi connectivity index (χ2n) is 5.29. The molecular formula is C18H19NO3S. The quantitative estimate of drug-likeness (QED) is 0.849. The molecule has 2 aromatic rings. The predicted molar refractivity (Wildman–Crippen MR) is 92.6 cm³/mol. The third kappa shape index (κ3) is 5.79. The zero-order valence-electron chi connectivity index (χ0n) is 12.9. The molecule has 0 aromatic heterocycles. The molecule has 4 nitrogen and oxygen atoms in total. The molecule has 0 aliphatic carbocycles. The van der Waals surface area contributed by atoms with Gasteiger partial charge in [-0.05, 0) is 18.1 Å². The van der Waals surface area contributed by atoms with Crippen LogP contribution in [0.3, 0.4) is 0 Å². The van der Waals surface area contributed by atoms with Gasteiger partial charge in [-0.25, -0.2) is 4.79 Å². The van der Waals surface area contributed by atoms with Gasteiger partial charge in [0.2, 0.25) is 0 Å². The summed E-state index contributed by atoms with van der Waals surface area (Å²) >= 11 is 1.08. The van der Waals surface area contributed by atoms with Gasteiger partial charge >= 0.3 is 5.97 Å². The molecule has 2 rings (SSSR count). The minimum absolute atomic E-state index is 0.271. The van der Waals surface area contributed by atoms with E-state index in [0.29, 0.717) is 5.75 Å². The van der Waals surface area contributed by atoms with Crippen molar-refractivity contribution in [1.29, 1.82) is 0 Å². The molecular weight excluding hydrogens is 310 g/mol. The van der Waals surface area contributed by atoms with Crippen LogP contribution >= 0.6 is 11.8 Å². The normalized spacial score (nSPS) is 11.7. The van der Waals surface area contributed by atoms with Crippen LogP contribution in [0.5, 0.6) is 0 Å². The molecule has 0 bridgehead atoms. The van der Waals surface area contributed by atoms with Gasteiger partial charge in [-0.2, -0.15) is 0 Å². The molecule has 2 aromatic carbocycles. The minimum atomic E-state index is -1.03. The van der Waals surface area contributed by atoms with E-state index in [1.54, 1.807) is 0 Å². The topological polar surface area (TPSA) is 66.4 Å². The highest BCUT2D eigenvalue weighted by Gasteiger charge is 2.20. The molecule has 0 saturated carbocycles. The Labute approximate surface area is 139 Å². The number of hydrogen-bond donors (Lipinski definition) is 2. The van der Waals surface area contributed by atoms with Crippen LogP contribution in [0, 0.1) is 6.92 Å². The van der Waals surface area contributed by atoms with E-state index >= 15 is 0 Å². The number of hydrogen-bond acceptors (Lipinski definition) is 3. The van der Waals surface area contributed by atoms with Crippen molar-refractivity contribution in [1.82, 2.24) is 5.32 Å². The van der Waals surface area contributed by atoms with E-state index < -0.39 is 12.0 Å². The van der Waals surface area contributed by atoms with Gasteiger partial charge < -0.3 is 10.4 Å². The van der Waals surface area contributed by atoms with E-state index in [9.17, 15) is 14.7 Å². The van der Waals surface area contributed by atoms with Gasteiger partial charge in [0.25, 0.3) is 5.24 Å². The van der Waals surface area contributed by atoms with Crippen LogP contribution in [-0.2, 0) is 17.0 Å². The summed E-state index contributed by atoms with van der Waals surface area (Å²) in [5, 5.41) is 11.5. The minimum Gasteiger partial charge on any atom is -0.480 e. The standard InChI is InChI=1S/C18H19NO3S/c1-13-7-9-15(10-8-13)12-23-18(22)19-16(17(20)21)11-14-5-3-2-4-6-14/h2-10,16H,11-12H2,1H3,(H,19,22)(H,20,21)/t16-/m0/s1. The fraction of sp³-hybridized carbons (Fsp3) is 0.222. The number of carbonyl (C=O) groups is 2. The first kappa shape index (κ1) is 17.1. The van der Waals surface area contributed by atoms with Crippen LogP contribution in [-0.4, -0.2) is 22.4 Å². The number of carboxylic acids is 1. The molecule has 0 radical (unpaired) electrons. The lowest BCUT2D eigenvalue weighted by atomic mass is 10.1. The summed E-state index contributed by atoms with van der Waals surface area (Å²) in [5.74, 6) is -0.512. The van der Waals surface area contributed by atoms with Gasteiger partial charge in [0, 0.05) is 12.2 Å². The highest BCUT2D eigenvalue weighted by molar-refractivity contribution is 8.12. The van der Waals surface area contributed by atoms with Gasteiger partial charge in [-0.3, -0.25) is 4.79 Å². The van der Waals surface area contributed by atoms with E-state index in [2.05, 4.69) is 5.32 Å². The van der Waals surface area contributed by atoms with E-state index in [-0.39, 0.29) is 11.7 Å². The monoisotopic (exact) mass is 329 g/mol. The Morgan fingerprint density at radius 2 is 1.70 bits per heavy atom. The molecule has 2 N–H and O–H groups in total. The number of carboxylic acid groups (broad SMARTS) is 1. The zero-order valence-corrected chi connectivity index (χ0v) is 13.7. The third-order valence-corrected chi connectivity index (χ3v) is 4.22. The molecule has 0 aliphatic heterocycles. The maximum atomic E-state index is 12.0. The van der Waals surface area contributed by atoms with Crippen molar-refractivity contribution in [2.24, 2.45) is 0 Å². The molecule has 0 saturated heterocycles. The number of aryl methyl sites for hydroxylation is 1. The number of aliphatic carboxylic acids is 1. The molecule has 23 heavy (non-hydrogen) atoms. The number of carbonyl (C=O) groups excluding carboxylic acids is 1. The number of benzene rings is 2. The van der Waals surface area contributed by atoms with Crippen molar-refractivity contribution in [2.75, 3.05) is 0 Å². The van der Waals surface area contributed by atoms with E-state index in [0.717, 1.165) is 28.5 Å². The predicted octanol–water partition coefficient (Wildman–Crippen LogP) is 3.63. The molecule has 120 valence electrons. The number of nitrogens with one attached hydrogen (secondary N) is 1. The van der Waals surface area contributed by atoms with Gasteiger partial charge in [0.15, 0.2) is 0 Å². The van der Waals surface area contributed by atoms with Crippen molar-refractivity contribution in [2.45, 2.75) is 25.1 Å². The van der Waals surface area contributed by atoms with Crippen LogP contribution in [0.15, 0.2) is 54.6 Å². The Morgan fingerprint density at radius 1 is 1.04 bits per heavy atom. The summed E-state index contributed by atoms with van der Waals surface area (Å²) < 4.78 is 0. The van der Waals surface area contributed by atoms with Crippen LogP contribution in [0.4, 0.5) is 4.79 Å². The van der Waals surface area contributed by atoms with Gasteiger partial charge in [0.05, 0.1) is 0 Å². The first-order valence-corrected chi connectivity index (χ1v) is 8.29. The largest absolute Gasteiger partial charge is 0.480 e. The summed E-state index contributed by atoms with van der Waals surface area (Å²) in [4.78, 5) is 23.3. The average Bonchev–Trinajstić information content (AvgIpc) is 2.54. The number of thioether (sulfide) groups is 1. The second-order valence-corrected chi connectivity index (χ2v) is 6.23. The Balaban J connectivity index is 1.88. The average molecular weight is 329 g/mol. The number of rotatable bonds is 6. The summed E-state index contributed by atoms with van der Waals surface area (Å²) in [7, 11) is 0. The highest BCUT2D eigenvalue weighted by atomic mass is 32.2. The smallest absolute Gasteiger partial charge is 0.326 e. The van der Waals surface area contributed by atoms with Gasteiger partial charge in [-0.15, -0.1) is 0 Å². The molecule has 0 fully saturated rings. The number of amides is 1. The van der Waals surface area contributed by atoms with Crippen molar-refractivity contribution < 1.29 is 14.7 Å². The third-order valence-electron chi connectivity index (χ3n) is 3.36. The summed E-state index contributed by atoms with van der Waals surface area (Å²) in [6.45, 7) is 2.00. The fourth-order valence-corrected chi connectivity index (χ4v) is 2.78. The molecule has 0 heterocycles. The lowest BCUT2D eigenvalue weighted by Gasteiger charge is -2.14. The van der Waals surface area contributed by atoms with Crippen LogP contribution in [0.2, 0.25) is 0 Å². The van der Waals surface area contributed by atoms with Crippen LogP contribution in [0.25, 0.3) is 0 Å². The van der Waals surface area contributed by atoms with E-state index in [1.165, 1.54) is 0 Å². The Bertz CT molecular complexity index is 656. The second kappa shape index (κ2) is 8.39. The fourth-order valence-electron chi connectivity index (χ4n) is 2.07. The lowest BCUT2D eigenvalue weighted by Crippen LogP contribution is -2.40. The first-order chi connectivity index (χ1) is 11.0. The first-order valence-electron chi connectivity index (χ1n) is 7.30. The summed E-state index contributed by atoms with van der Waals surface area (Å²) in [5.41, 5.74) is 3.08. The Hall–Kier alpha value is -2.27. The highest BCUT2D eigenvalue weighted by Crippen LogP contribution is 2.14. The Morgan fingerprint density at radius 3 is 2.30 bits per heavy atom. The SMILES string of the molecule is Cc1ccc(CSC(=O)N[C@@H](Cc2ccccc2)C(=O)O)cc1. The summed E-state index contributed by atoms with van der Waals surface area (Å²) in [6, 6.07) is 16.3. The molecule has 1 amide bonds. The lowest BCUT2D eigenvalue weighted by molar-refractivity contribution is -0.139.